The lowest BCUT2D eigenvalue weighted by Crippen LogP contribution is -2.20. The number of ether oxygens (including phenoxy) is 2. The Balaban J connectivity index is -0.000000980. The van der Waals surface area contributed by atoms with Gasteiger partial charge in [0.2, 0.25) is 11.0 Å². The molecule has 52 heavy (non-hydrogen) atoms. The highest BCUT2D eigenvalue weighted by Crippen LogP contribution is 2.13. The van der Waals surface area contributed by atoms with Gasteiger partial charge in [0.15, 0.2) is 19.0 Å². The molecule has 0 aromatic rings. The van der Waals surface area contributed by atoms with Crippen LogP contribution in [-0.4, -0.2) is 65.4 Å². The van der Waals surface area contributed by atoms with Crippen molar-refractivity contribution in [1.82, 2.24) is 0 Å². The zero-order valence-electron chi connectivity index (χ0n) is 33.7. The molecule has 0 heterocycles. The van der Waals surface area contributed by atoms with Gasteiger partial charge in [-0.15, -0.1) is 0 Å². The largest absolute Gasteiger partial charge is 0.458 e. The van der Waals surface area contributed by atoms with Crippen LogP contribution >= 0.6 is 11.6 Å². The van der Waals surface area contributed by atoms with E-state index in [0.717, 1.165) is 51.4 Å². The Morgan fingerprint density at radius 2 is 0.635 bits per heavy atom. The highest BCUT2D eigenvalue weighted by atomic mass is 35.5. The quantitative estimate of drug-likeness (QED) is 0.0362. The van der Waals surface area contributed by atoms with Crippen LogP contribution in [-0.2, 0) is 33.4 Å². The third kappa shape index (κ3) is 52.5. The third-order valence-corrected chi connectivity index (χ3v) is 8.78. The van der Waals surface area contributed by atoms with Crippen LogP contribution < -0.4 is 0 Å². The lowest BCUT2D eigenvalue weighted by molar-refractivity contribution is -0.153. The number of aliphatic hydroxyl groups excluding tert-OH is 2. The molecule has 0 aliphatic rings. The lowest BCUT2D eigenvalue weighted by atomic mass is 10.1. The average molecular weight is 764 g/mol. The van der Waals surface area contributed by atoms with Crippen LogP contribution in [0.4, 0.5) is 0 Å². The van der Waals surface area contributed by atoms with Crippen LogP contribution in [0.1, 0.15) is 213 Å². The van der Waals surface area contributed by atoms with Crippen LogP contribution in [0.15, 0.2) is 0 Å². The number of carbonyl (C=O) groups excluding carboxylic acids is 5. The van der Waals surface area contributed by atoms with Crippen LogP contribution in [0.3, 0.4) is 0 Å². The van der Waals surface area contributed by atoms with Crippen molar-refractivity contribution in [3.05, 3.63) is 0 Å². The number of aliphatic hydroxyl groups is 2. The second-order valence-electron chi connectivity index (χ2n) is 13.8. The SMILES string of the molecule is CCCCCCCCCCCC(=O)Cl.CCCCCCCCCCCC(=O)OCC(=O)COC(=O)CCCCCCCCCCC.O=C(CO)CO. The van der Waals surface area contributed by atoms with Crippen molar-refractivity contribution in [2.75, 3.05) is 26.4 Å². The average Bonchev–Trinajstić information content (AvgIpc) is 3.14. The van der Waals surface area contributed by atoms with E-state index in [1.807, 2.05) is 0 Å². The molecule has 0 rings (SSSR count). The number of carbonyl (C=O) groups is 5. The number of hydrogen-bond acceptors (Lipinski definition) is 9. The normalized spacial score (nSPS) is 10.4. The van der Waals surface area contributed by atoms with Gasteiger partial charge >= 0.3 is 11.9 Å². The molecule has 0 fully saturated rings. The summed E-state index contributed by atoms with van der Waals surface area (Å²) in [6.45, 7) is 4.95. The van der Waals surface area contributed by atoms with Crippen molar-refractivity contribution in [2.45, 2.75) is 213 Å². The van der Waals surface area contributed by atoms with Gasteiger partial charge in [0, 0.05) is 19.3 Å². The van der Waals surface area contributed by atoms with E-state index >= 15 is 0 Å². The summed E-state index contributed by atoms with van der Waals surface area (Å²) in [6.07, 6.45) is 34.2. The van der Waals surface area contributed by atoms with Gasteiger partial charge in [-0.05, 0) is 30.9 Å². The monoisotopic (exact) mass is 763 g/mol. The van der Waals surface area contributed by atoms with Crippen molar-refractivity contribution in [2.24, 2.45) is 0 Å². The van der Waals surface area contributed by atoms with E-state index in [9.17, 15) is 24.0 Å². The first-order valence-electron chi connectivity index (χ1n) is 20.9. The Hall–Kier alpha value is -1.84. The maximum Gasteiger partial charge on any atom is 0.306 e. The Kier molecular flexibility index (Phi) is 49.5. The number of halogens is 1. The zero-order valence-corrected chi connectivity index (χ0v) is 34.4. The fraction of sp³-hybridized carbons (Fsp3) is 0.881. The number of Topliss-reactive ketones (excluding diaryl/α,β-unsaturated/α-hetero) is 2. The van der Waals surface area contributed by atoms with Gasteiger partial charge < -0.3 is 19.7 Å². The van der Waals surface area contributed by atoms with Crippen LogP contribution in [0, 0.1) is 0 Å². The molecule has 0 saturated carbocycles. The van der Waals surface area contributed by atoms with Crippen molar-refractivity contribution < 1.29 is 43.7 Å². The van der Waals surface area contributed by atoms with Crippen molar-refractivity contribution in [3.63, 3.8) is 0 Å². The van der Waals surface area contributed by atoms with E-state index < -0.39 is 19.0 Å². The Labute approximate surface area is 323 Å². The minimum atomic E-state index is -0.559. The number of rotatable bonds is 36. The fourth-order valence-electron chi connectivity index (χ4n) is 5.29. The maximum atomic E-state index is 11.7. The Morgan fingerprint density at radius 3 is 0.865 bits per heavy atom. The molecule has 308 valence electrons. The number of ketones is 2. The van der Waals surface area contributed by atoms with Crippen LogP contribution in [0.2, 0.25) is 0 Å². The molecule has 0 aliphatic heterocycles. The minimum absolute atomic E-state index is 0.187. The summed E-state index contributed by atoms with van der Waals surface area (Å²) in [5.74, 6) is -1.61. The predicted octanol–water partition coefficient (Wildman–Crippen LogP) is 10.7. The number of unbranched alkanes of at least 4 members (excludes halogenated alkanes) is 24. The number of esters is 2. The van der Waals surface area contributed by atoms with E-state index in [0.29, 0.717) is 19.3 Å². The van der Waals surface area contributed by atoms with E-state index in [-0.39, 0.29) is 36.2 Å². The summed E-state index contributed by atoms with van der Waals surface area (Å²) in [6, 6.07) is 0. The molecule has 0 spiro atoms. The molecule has 0 amide bonds. The first-order chi connectivity index (χ1) is 25.2. The fourth-order valence-corrected chi connectivity index (χ4v) is 5.43. The molecule has 0 unspecified atom stereocenters. The van der Waals surface area contributed by atoms with E-state index in [1.165, 1.54) is 122 Å². The van der Waals surface area contributed by atoms with E-state index in [4.69, 9.17) is 31.3 Å². The molecule has 0 aromatic heterocycles. The van der Waals surface area contributed by atoms with Gasteiger partial charge in [0.1, 0.15) is 13.2 Å². The van der Waals surface area contributed by atoms with Crippen molar-refractivity contribution in [3.8, 4) is 0 Å². The zero-order chi connectivity index (χ0) is 39.3. The van der Waals surface area contributed by atoms with E-state index in [1.54, 1.807) is 0 Å². The van der Waals surface area contributed by atoms with E-state index in [2.05, 4.69) is 20.8 Å². The third-order valence-electron chi connectivity index (χ3n) is 8.59. The number of hydrogen-bond donors (Lipinski definition) is 2. The Morgan fingerprint density at radius 1 is 0.385 bits per heavy atom. The highest BCUT2D eigenvalue weighted by molar-refractivity contribution is 6.63. The first-order valence-corrected chi connectivity index (χ1v) is 21.3. The van der Waals surface area contributed by atoms with Crippen molar-refractivity contribution >= 4 is 40.3 Å². The Bertz CT molecular complexity index is 773. The van der Waals surface area contributed by atoms with Gasteiger partial charge in [-0.1, -0.05) is 175 Å². The maximum absolute atomic E-state index is 11.7. The minimum Gasteiger partial charge on any atom is -0.458 e. The topological polar surface area (TPSA) is 144 Å². The van der Waals surface area contributed by atoms with Gasteiger partial charge in [-0.3, -0.25) is 24.0 Å². The summed E-state index contributed by atoms with van der Waals surface area (Å²) in [5.41, 5.74) is 0. The molecular weight excluding hydrogens is 684 g/mol. The van der Waals surface area contributed by atoms with Crippen LogP contribution in [0.5, 0.6) is 0 Å². The smallest absolute Gasteiger partial charge is 0.306 e. The summed E-state index contributed by atoms with van der Waals surface area (Å²) in [4.78, 5) is 55.3. The second-order valence-corrected chi connectivity index (χ2v) is 14.2. The molecule has 0 atom stereocenters. The van der Waals surface area contributed by atoms with Gasteiger partial charge in [-0.25, -0.2) is 0 Å². The molecule has 0 radical (unpaired) electrons. The van der Waals surface area contributed by atoms with Crippen molar-refractivity contribution in [1.29, 1.82) is 0 Å². The lowest BCUT2D eigenvalue weighted by Gasteiger charge is -2.06. The molecule has 0 aromatic carbocycles. The summed E-state index contributed by atoms with van der Waals surface area (Å²) < 4.78 is 9.98. The predicted molar refractivity (Wildman–Crippen MR) is 212 cm³/mol. The summed E-state index contributed by atoms with van der Waals surface area (Å²) >= 11 is 5.24. The standard InChI is InChI=1S/C27H50O5.C12H23ClO.C3H6O3/c1-3-5-7-9-11-13-15-17-19-21-26(29)31-23-25(28)24-32-27(30)22-20-18-16-14-12-10-8-6-4-2;1-2-3-4-5-6-7-8-9-10-11-12(13)14;4-1-3(6)2-5/h3-24H2,1-2H3;2-11H2,1H3;4-5H,1-2H2. The molecule has 0 saturated heterocycles. The highest BCUT2D eigenvalue weighted by Gasteiger charge is 2.11. The molecule has 9 nitrogen and oxygen atoms in total. The molecular formula is C42H79ClO9. The summed E-state index contributed by atoms with van der Waals surface area (Å²) in [7, 11) is 0. The van der Waals surface area contributed by atoms with Gasteiger partial charge in [0.25, 0.3) is 0 Å². The molecule has 0 aliphatic carbocycles. The molecule has 10 heteroatoms. The van der Waals surface area contributed by atoms with Crippen LogP contribution in [0.25, 0.3) is 0 Å². The molecule has 0 bridgehead atoms. The second kappa shape index (κ2) is 47.2. The first kappa shape index (κ1) is 54.5. The summed E-state index contributed by atoms with van der Waals surface area (Å²) in [5, 5.41) is 15.5. The van der Waals surface area contributed by atoms with Gasteiger partial charge in [0.05, 0.1) is 0 Å². The van der Waals surface area contributed by atoms with Gasteiger partial charge in [-0.2, -0.15) is 0 Å². The molecule has 2 N–H and O–H groups in total.